The Morgan fingerprint density at radius 3 is 2.50 bits per heavy atom. The van der Waals surface area contributed by atoms with E-state index in [1.54, 1.807) is 12.1 Å². The summed E-state index contributed by atoms with van der Waals surface area (Å²) in [6.45, 7) is 0. The average molecular weight is 232 g/mol. The fourth-order valence-corrected chi connectivity index (χ4v) is 1.11. The van der Waals surface area contributed by atoms with Crippen LogP contribution >= 0.6 is 15.9 Å². The summed E-state index contributed by atoms with van der Waals surface area (Å²) in [7, 11) is 0. The summed E-state index contributed by atoms with van der Waals surface area (Å²) in [5, 5.41) is 8.56. The summed E-state index contributed by atoms with van der Waals surface area (Å²) in [6.07, 6.45) is 0. The van der Waals surface area contributed by atoms with Gasteiger partial charge in [-0.05, 0) is 18.2 Å². The zero-order valence-electron chi connectivity index (χ0n) is 5.54. The highest BCUT2D eigenvalue weighted by Crippen LogP contribution is 2.17. The summed E-state index contributed by atoms with van der Waals surface area (Å²) in [6, 6.07) is 4.66. The monoisotopic (exact) mass is 231 g/mol. The van der Waals surface area contributed by atoms with Crippen LogP contribution in [0.3, 0.4) is 0 Å². The molecule has 3 nitrogen and oxygen atoms in total. The maximum atomic E-state index is 10.4. The fourth-order valence-electron chi connectivity index (χ4n) is 0.728. The van der Waals surface area contributed by atoms with Gasteiger partial charge in [0.05, 0.1) is 5.56 Å². The lowest BCUT2D eigenvalue weighted by Gasteiger charge is -1.99. The van der Waals surface area contributed by atoms with E-state index < -0.39 is 5.97 Å². The third kappa shape index (κ3) is 2.23. The minimum absolute atomic E-state index is 0. The highest BCUT2D eigenvalue weighted by atomic mass is 79.9. The van der Waals surface area contributed by atoms with E-state index in [1.165, 1.54) is 6.07 Å². The molecule has 0 aromatic heterocycles. The molecule has 0 amide bonds. The Morgan fingerprint density at radius 1 is 1.50 bits per heavy atom. The minimum Gasteiger partial charge on any atom is -0.478 e. The van der Waals surface area contributed by atoms with E-state index in [0.29, 0.717) is 0 Å². The van der Waals surface area contributed by atoms with Crippen LogP contribution in [0.2, 0.25) is 0 Å². The molecule has 4 heteroatoms. The zero-order valence-corrected chi connectivity index (χ0v) is 7.13. The Morgan fingerprint density at radius 2 is 2.08 bits per heavy atom. The van der Waals surface area contributed by atoms with Gasteiger partial charge in [-0.2, -0.15) is 0 Å². The molecule has 0 bridgehead atoms. The number of hydrogen-bond acceptors (Lipinski definition) is 2. The number of rotatable bonds is 1. The summed E-state index contributed by atoms with van der Waals surface area (Å²) in [5.41, 5.74) is 5.81. The number of aromatic carboxylic acids is 1. The van der Waals surface area contributed by atoms with Gasteiger partial charge in [-0.15, -0.1) is 0 Å². The molecule has 0 radical (unpaired) electrons. The molecule has 0 aliphatic heterocycles. The first-order valence-electron chi connectivity index (χ1n) is 2.89. The summed E-state index contributed by atoms with van der Waals surface area (Å²) >= 11 is 3.17. The smallest absolute Gasteiger partial charge is 0.337 e. The largest absolute Gasteiger partial charge is 0.478 e. The van der Waals surface area contributed by atoms with Crippen LogP contribution in [0.1, 0.15) is 17.8 Å². The molecule has 1 rings (SSSR count). The van der Waals surface area contributed by atoms with Crippen LogP contribution in [0.4, 0.5) is 5.69 Å². The number of nitrogen functional groups attached to an aromatic ring is 1. The quantitative estimate of drug-likeness (QED) is 0.730. The van der Waals surface area contributed by atoms with Gasteiger partial charge in [0.15, 0.2) is 0 Å². The highest BCUT2D eigenvalue weighted by Gasteiger charge is 2.06. The molecule has 0 atom stereocenters. The van der Waals surface area contributed by atoms with Crippen molar-refractivity contribution in [3.8, 4) is 0 Å². The van der Waals surface area contributed by atoms with Crippen molar-refractivity contribution in [2.75, 3.05) is 5.73 Å². The number of carboxylic acid groups (broad SMARTS) is 1. The second-order valence-electron chi connectivity index (χ2n) is 2.04. The first-order chi connectivity index (χ1) is 5.11. The van der Waals surface area contributed by atoms with Crippen molar-refractivity contribution < 1.29 is 9.90 Å². The molecule has 0 spiro atoms. The fraction of sp³-hybridized carbons (Fsp3) is 0.125. The molecular formula is C8H10BrNO2. The third-order valence-corrected chi connectivity index (χ3v) is 1.74. The summed E-state index contributed by atoms with van der Waals surface area (Å²) < 4.78 is 0.778. The van der Waals surface area contributed by atoms with Crippen molar-refractivity contribution in [3.05, 3.63) is 28.2 Å². The SMILES string of the molecule is C.Nc1cc(Br)ccc1C(=O)O. The van der Waals surface area contributed by atoms with Crippen molar-refractivity contribution in [1.29, 1.82) is 0 Å². The predicted molar refractivity (Wildman–Crippen MR) is 52.2 cm³/mol. The number of carboxylic acids is 1. The zero-order chi connectivity index (χ0) is 8.43. The van der Waals surface area contributed by atoms with Crippen molar-refractivity contribution in [1.82, 2.24) is 0 Å². The highest BCUT2D eigenvalue weighted by molar-refractivity contribution is 9.10. The Kier molecular flexibility index (Phi) is 3.76. The molecular weight excluding hydrogens is 222 g/mol. The van der Waals surface area contributed by atoms with Gasteiger partial charge in [-0.1, -0.05) is 23.4 Å². The first-order valence-corrected chi connectivity index (χ1v) is 3.69. The molecule has 0 saturated heterocycles. The average Bonchev–Trinajstić information content (AvgIpc) is 1.85. The van der Waals surface area contributed by atoms with Crippen molar-refractivity contribution in [2.24, 2.45) is 0 Å². The van der Waals surface area contributed by atoms with Crippen LogP contribution in [0.5, 0.6) is 0 Å². The minimum atomic E-state index is -1.00. The van der Waals surface area contributed by atoms with E-state index in [2.05, 4.69) is 15.9 Å². The normalized spacial score (nSPS) is 8.75. The van der Waals surface area contributed by atoms with Gasteiger partial charge in [0.1, 0.15) is 0 Å². The number of anilines is 1. The Labute approximate surface area is 79.3 Å². The molecule has 0 saturated carbocycles. The molecule has 66 valence electrons. The second-order valence-corrected chi connectivity index (χ2v) is 2.95. The third-order valence-electron chi connectivity index (χ3n) is 1.24. The predicted octanol–water partition coefficient (Wildman–Crippen LogP) is 2.37. The van der Waals surface area contributed by atoms with E-state index in [9.17, 15) is 4.79 Å². The van der Waals surface area contributed by atoms with Gasteiger partial charge in [0.25, 0.3) is 0 Å². The second kappa shape index (κ2) is 4.11. The van der Waals surface area contributed by atoms with Crippen LogP contribution in [-0.2, 0) is 0 Å². The molecule has 0 heterocycles. The van der Waals surface area contributed by atoms with E-state index in [0.717, 1.165) is 4.47 Å². The number of benzene rings is 1. The number of carbonyl (C=O) groups is 1. The lowest BCUT2D eigenvalue weighted by Crippen LogP contribution is -2.01. The van der Waals surface area contributed by atoms with Gasteiger partial charge in [0.2, 0.25) is 0 Å². The Balaban J connectivity index is 0.00000121. The maximum absolute atomic E-state index is 10.4. The molecule has 0 unspecified atom stereocenters. The van der Waals surface area contributed by atoms with Crippen LogP contribution < -0.4 is 5.73 Å². The molecule has 12 heavy (non-hydrogen) atoms. The maximum Gasteiger partial charge on any atom is 0.337 e. The molecule has 1 aromatic rings. The van der Waals surface area contributed by atoms with Gasteiger partial charge >= 0.3 is 5.97 Å². The van der Waals surface area contributed by atoms with Crippen molar-refractivity contribution in [2.45, 2.75) is 7.43 Å². The van der Waals surface area contributed by atoms with Crippen LogP contribution in [0, 0.1) is 0 Å². The Hall–Kier alpha value is -1.03. The molecule has 3 N–H and O–H groups in total. The van der Waals surface area contributed by atoms with E-state index in [-0.39, 0.29) is 18.7 Å². The molecule has 0 aliphatic carbocycles. The first kappa shape index (κ1) is 11.0. The van der Waals surface area contributed by atoms with Crippen LogP contribution in [-0.4, -0.2) is 11.1 Å². The van der Waals surface area contributed by atoms with Crippen LogP contribution in [0.25, 0.3) is 0 Å². The number of nitrogens with two attached hydrogens (primary N) is 1. The van der Waals surface area contributed by atoms with Crippen molar-refractivity contribution in [3.63, 3.8) is 0 Å². The van der Waals surface area contributed by atoms with Crippen LogP contribution in [0.15, 0.2) is 22.7 Å². The number of hydrogen-bond donors (Lipinski definition) is 2. The lowest BCUT2D eigenvalue weighted by molar-refractivity contribution is 0.0698. The van der Waals surface area contributed by atoms with Gasteiger partial charge in [-0.25, -0.2) is 4.79 Å². The summed E-state index contributed by atoms with van der Waals surface area (Å²) in [4.78, 5) is 10.4. The lowest BCUT2D eigenvalue weighted by atomic mass is 10.2. The van der Waals surface area contributed by atoms with E-state index in [1.807, 2.05) is 0 Å². The van der Waals surface area contributed by atoms with Crippen molar-refractivity contribution >= 4 is 27.6 Å². The molecule has 0 fully saturated rings. The van der Waals surface area contributed by atoms with Gasteiger partial charge in [-0.3, -0.25) is 0 Å². The Bertz CT molecular complexity index is 299. The van der Waals surface area contributed by atoms with Gasteiger partial charge in [0, 0.05) is 10.2 Å². The molecule has 0 aliphatic rings. The summed E-state index contributed by atoms with van der Waals surface area (Å²) in [5.74, 6) is -1.00. The molecule has 1 aromatic carbocycles. The van der Waals surface area contributed by atoms with E-state index in [4.69, 9.17) is 10.8 Å². The van der Waals surface area contributed by atoms with Gasteiger partial charge < -0.3 is 10.8 Å². The van der Waals surface area contributed by atoms with E-state index >= 15 is 0 Å². The standard InChI is InChI=1S/C7H6BrNO2.CH4/c8-4-1-2-5(7(10)11)6(9)3-4;/h1-3H,9H2,(H,10,11);1H4. The number of halogens is 1. The topological polar surface area (TPSA) is 63.3 Å².